The fourth-order valence-electron chi connectivity index (χ4n) is 4.34. The lowest BCUT2D eigenvalue weighted by molar-refractivity contribution is -0.140. The zero-order chi connectivity index (χ0) is 23.1. The number of ether oxygens (including phenoxy) is 1. The molecule has 1 unspecified atom stereocenters. The van der Waals surface area contributed by atoms with Crippen LogP contribution in [0.15, 0.2) is 72.3 Å². The maximum Gasteiger partial charge on any atom is 0.295 e. The van der Waals surface area contributed by atoms with Crippen LogP contribution in [0.5, 0.6) is 5.75 Å². The number of hydrogen-bond acceptors (Lipinski definition) is 4. The summed E-state index contributed by atoms with van der Waals surface area (Å²) in [6.45, 7) is 0.468. The predicted octanol–water partition coefficient (Wildman–Crippen LogP) is 4.52. The third-order valence-corrected chi connectivity index (χ3v) is 5.97. The molecular weight excluding hydrogens is 428 g/mol. The van der Waals surface area contributed by atoms with Crippen molar-refractivity contribution < 1.29 is 28.2 Å². The summed E-state index contributed by atoms with van der Waals surface area (Å²) in [4.78, 5) is 27.3. The summed E-state index contributed by atoms with van der Waals surface area (Å²) in [6.07, 6.45) is 0.659. The van der Waals surface area contributed by atoms with Crippen molar-refractivity contribution in [3.63, 3.8) is 0 Å². The molecule has 5 nitrogen and oxygen atoms in total. The zero-order valence-electron chi connectivity index (χ0n) is 17.4. The molecule has 3 aromatic rings. The van der Waals surface area contributed by atoms with Gasteiger partial charge >= 0.3 is 0 Å². The van der Waals surface area contributed by atoms with Crippen LogP contribution in [0.4, 0.5) is 8.78 Å². The number of aliphatic hydroxyl groups excluding tert-OH is 1. The van der Waals surface area contributed by atoms with Gasteiger partial charge in [0.1, 0.15) is 23.1 Å². The minimum absolute atomic E-state index is 0.0569. The molecule has 166 valence electrons. The second kappa shape index (κ2) is 8.16. The fourth-order valence-corrected chi connectivity index (χ4v) is 4.34. The molecule has 0 aromatic heterocycles. The number of ketones is 1. The number of hydrogen-bond donors (Lipinski definition) is 1. The van der Waals surface area contributed by atoms with E-state index in [1.54, 1.807) is 24.3 Å². The Morgan fingerprint density at radius 1 is 1.03 bits per heavy atom. The van der Waals surface area contributed by atoms with Crippen LogP contribution < -0.4 is 4.74 Å². The van der Waals surface area contributed by atoms with Gasteiger partial charge in [-0.3, -0.25) is 9.59 Å². The highest BCUT2D eigenvalue weighted by atomic mass is 19.1. The molecule has 0 spiro atoms. The minimum Gasteiger partial charge on any atom is -0.507 e. The van der Waals surface area contributed by atoms with E-state index in [0.29, 0.717) is 29.9 Å². The number of benzene rings is 3. The Balaban J connectivity index is 1.65. The van der Waals surface area contributed by atoms with E-state index < -0.39 is 29.4 Å². The Bertz CT molecular complexity index is 1300. The molecule has 0 radical (unpaired) electrons. The van der Waals surface area contributed by atoms with E-state index >= 15 is 0 Å². The van der Waals surface area contributed by atoms with Gasteiger partial charge < -0.3 is 14.7 Å². The summed E-state index contributed by atoms with van der Waals surface area (Å²) < 4.78 is 33.7. The number of carbonyl (C=O) groups excluding carboxylic acids is 2. The van der Waals surface area contributed by atoms with Gasteiger partial charge in [0.2, 0.25) is 0 Å². The highest BCUT2D eigenvalue weighted by Gasteiger charge is 2.47. The van der Waals surface area contributed by atoms with Crippen LogP contribution in [0, 0.1) is 11.6 Å². The highest BCUT2D eigenvalue weighted by molar-refractivity contribution is 6.46. The first kappa shape index (κ1) is 20.9. The summed E-state index contributed by atoms with van der Waals surface area (Å²) in [5.74, 6) is -2.49. The second-order valence-electron chi connectivity index (χ2n) is 8.00. The van der Waals surface area contributed by atoms with Crippen molar-refractivity contribution in [2.45, 2.75) is 19.0 Å². The van der Waals surface area contributed by atoms with Crippen LogP contribution in [-0.4, -0.2) is 28.3 Å². The van der Waals surface area contributed by atoms with Gasteiger partial charge in [-0.15, -0.1) is 0 Å². The first-order valence-corrected chi connectivity index (χ1v) is 10.5. The van der Waals surface area contributed by atoms with Crippen molar-refractivity contribution in [3.8, 4) is 5.75 Å². The average molecular weight is 447 g/mol. The van der Waals surface area contributed by atoms with Crippen molar-refractivity contribution in [1.29, 1.82) is 0 Å². The van der Waals surface area contributed by atoms with Crippen LogP contribution in [0.25, 0.3) is 5.76 Å². The number of likely N-dealkylation sites (tertiary alicyclic amines) is 1. The number of aliphatic hydroxyl groups is 1. The van der Waals surface area contributed by atoms with Crippen molar-refractivity contribution in [3.05, 3.63) is 106 Å². The molecular formula is C26H19F2NO4. The summed E-state index contributed by atoms with van der Waals surface area (Å²) in [5.41, 5.74) is 1.69. The normalized spacial score (nSPS) is 19.0. The van der Waals surface area contributed by atoms with Crippen LogP contribution in [0.3, 0.4) is 0 Å². The molecule has 2 heterocycles. The molecule has 1 amide bonds. The summed E-state index contributed by atoms with van der Waals surface area (Å²) in [5, 5.41) is 11.1. The lowest BCUT2D eigenvalue weighted by Crippen LogP contribution is -2.29. The monoisotopic (exact) mass is 447 g/mol. The largest absolute Gasteiger partial charge is 0.507 e. The molecule has 3 aromatic carbocycles. The second-order valence-corrected chi connectivity index (χ2v) is 8.00. The maximum absolute atomic E-state index is 14.9. The van der Waals surface area contributed by atoms with Gasteiger partial charge in [0.25, 0.3) is 11.7 Å². The number of halogens is 2. The van der Waals surface area contributed by atoms with Gasteiger partial charge in [0.15, 0.2) is 0 Å². The van der Waals surface area contributed by atoms with E-state index in [9.17, 15) is 23.5 Å². The molecule has 0 bridgehead atoms. The molecule has 2 aliphatic heterocycles. The molecule has 1 fully saturated rings. The van der Waals surface area contributed by atoms with E-state index in [1.807, 2.05) is 0 Å². The van der Waals surface area contributed by atoms with Crippen molar-refractivity contribution in [2.75, 3.05) is 6.61 Å². The van der Waals surface area contributed by atoms with E-state index in [1.165, 1.54) is 47.4 Å². The van der Waals surface area contributed by atoms with Gasteiger partial charge in [-0.05, 0) is 47.5 Å². The molecule has 0 saturated carbocycles. The Hall–Kier alpha value is -4.00. The number of nitrogens with zero attached hydrogens (tertiary/aromatic N) is 1. The van der Waals surface area contributed by atoms with Gasteiger partial charge in [-0.1, -0.05) is 30.3 Å². The molecule has 2 aliphatic rings. The molecule has 33 heavy (non-hydrogen) atoms. The van der Waals surface area contributed by atoms with Gasteiger partial charge in [-0.2, -0.15) is 0 Å². The Kier molecular flexibility index (Phi) is 5.17. The van der Waals surface area contributed by atoms with Crippen molar-refractivity contribution in [1.82, 2.24) is 4.90 Å². The topological polar surface area (TPSA) is 66.8 Å². The lowest BCUT2D eigenvalue weighted by Gasteiger charge is -2.25. The van der Waals surface area contributed by atoms with E-state index in [0.717, 1.165) is 5.56 Å². The van der Waals surface area contributed by atoms with Gasteiger partial charge in [0.05, 0.1) is 18.2 Å². The first-order valence-electron chi connectivity index (χ1n) is 10.5. The Morgan fingerprint density at radius 3 is 2.55 bits per heavy atom. The Morgan fingerprint density at radius 2 is 1.79 bits per heavy atom. The number of rotatable bonds is 4. The standard InChI is InChI=1S/C26H19F2NO4/c27-18-8-5-15(6-9-18)14-29-23(19-3-1-2-4-20(19)28)22(25(31)26(29)32)24(30)17-7-10-21-16(13-17)11-12-33-21/h1-10,13,23,30H,11-12,14H2/b24-22+. The zero-order valence-corrected chi connectivity index (χ0v) is 17.4. The number of amides is 1. The molecule has 7 heteroatoms. The summed E-state index contributed by atoms with van der Waals surface area (Å²) >= 11 is 0. The van der Waals surface area contributed by atoms with Crippen LogP contribution in [0.1, 0.15) is 28.3 Å². The first-order chi connectivity index (χ1) is 15.9. The highest BCUT2D eigenvalue weighted by Crippen LogP contribution is 2.41. The van der Waals surface area contributed by atoms with E-state index in [4.69, 9.17) is 4.74 Å². The molecule has 1 atom stereocenters. The van der Waals surface area contributed by atoms with E-state index in [-0.39, 0.29) is 23.4 Å². The minimum atomic E-state index is -1.14. The fraction of sp³-hybridized carbons (Fsp3) is 0.154. The van der Waals surface area contributed by atoms with Crippen LogP contribution in [0.2, 0.25) is 0 Å². The maximum atomic E-state index is 14.9. The SMILES string of the molecule is O=C1C(=O)N(Cc2ccc(F)cc2)C(c2ccccc2F)/C1=C(\O)c1ccc2c(c1)CCO2. The van der Waals surface area contributed by atoms with Crippen molar-refractivity contribution in [2.24, 2.45) is 0 Å². The molecule has 1 saturated heterocycles. The number of fused-ring (bicyclic) bond motifs is 1. The smallest absolute Gasteiger partial charge is 0.295 e. The van der Waals surface area contributed by atoms with Gasteiger partial charge in [0, 0.05) is 24.1 Å². The van der Waals surface area contributed by atoms with Crippen LogP contribution >= 0.6 is 0 Å². The van der Waals surface area contributed by atoms with Crippen molar-refractivity contribution >= 4 is 17.4 Å². The van der Waals surface area contributed by atoms with Gasteiger partial charge in [-0.25, -0.2) is 8.78 Å². The third kappa shape index (κ3) is 3.65. The van der Waals surface area contributed by atoms with Crippen LogP contribution in [-0.2, 0) is 22.6 Å². The summed E-state index contributed by atoms with van der Waals surface area (Å²) in [6, 6.07) is 15.2. The lowest BCUT2D eigenvalue weighted by atomic mass is 9.94. The number of Topliss-reactive ketones (excluding diaryl/α,β-unsaturated/α-hetero) is 1. The summed E-state index contributed by atoms with van der Waals surface area (Å²) in [7, 11) is 0. The Labute approximate surface area is 188 Å². The molecule has 1 N–H and O–H groups in total. The molecule has 5 rings (SSSR count). The quantitative estimate of drug-likeness (QED) is 0.363. The average Bonchev–Trinajstić information content (AvgIpc) is 3.38. The molecule has 0 aliphatic carbocycles. The van der Waals surface area contributed by atoms with E-state index in [2.05, 4.69) is 0 Å². The number of carbonyl (C=O) groups is 2. The predicted molar refractivity (Wildman–Crippen MR) is 116 cm³/mol. The third-order valence-electron chi connectivity index (χ3n) is 5.97.